The SMILES string of the molecule is Cc1ccc(OCc2nc(CN(C)Cc3ccc(F)c(F)c3)cs2)cc1. The van der Waals surface area contributed by atoms with Gasteiger partial charge in [0.1, 0.15) is 17.4 Å². The fourth-order valence-electron chi connectivity index (χ4n) is 2.55. The summed E-state index contributed by atoms with van der Waals surface area (Å²) in [6, 6.07) is 11.9. The van der Waals surface area contributed by atoms with E-state index < -0.39 is 11.6 Å². The highest BCUT2D eigenvalue weighted by atomic mass is 32.1. The summed E-state index contributed by atoms with van der Waals surface area (Å²) in [5.41, 5.74) is 2.85. The van der Waals surface area contributed by atoms with Crippen molar-refractivity contribution in [3.8, 4) is 5.75 Å². The fourth-order valence-corrected chi connectivity index (χ4v) is 3.25. The maximum atomic E-state index is 13.3. The molecule has 1 heterocycles. The van der Waals surface area contributed by atoms with Crippen LogP contribution in [0, 0.1) is 18.6 Å². The van der Waals surface area contributed by atoms with Gasteiger partial charge in [0, 0.05) is 18.5 Å². The molecule has 0 aliphatic heterocycles. The molecule has 3 aromatic rings. The minimum absolute atomic E-state index is 0.431. The van der Waals surface area contributed by atoms with Crippen molar-refractivity contribution in [2.75, 3.05) is 7.05 Å². The van der Waals surface area contributed by atoms with E-state index in [0.717, 1.165) is 28.1 Å². The molecule has 0 fully saturated rings. The van der Waals surface area contributed by atoms with Crippen LogP contribution in [0.2, 0.25) is 0 Å². The van der Waals surface area contributed by atoms with Gasteiger partial charge in [-0.05, 0) is 43.8 Å². The lowest BCUT2D eigenvalue weighted by molar-refractivity contribution is 0.300. The van der Waals surface area contributed by atoms with Crippen LogP contribution in [0.15, 0.2) is 47.8 Å². The van der Waals surface area contributed by atoms with Gasteiger partial charge in [-0.1, -0.05) is 23.8 Å². The van der Waals surface area contributed by atoms with E-state index in [1.807, 2.05) is 48.5 Å². The molecule has 1 aromatic heterocycles. The van der Waals surface area contributed by atoms with E-state index in [0.29, 0.717) is 19.7 Å². The van der Waals surface area contributed by atoms with Crippen molar-refractivity contribution < 1.29 is 13.5 Å². The number of rotatable bonds is 7. The second kappa shape index (κ2) is 8.38. The van der Waals surface area contributed by atoms with Crippen molar-refractivity contribution in [1.29, 1.82) is 0 Å². The lowest BCUT2D eigenvalue weighted by Gasteiger charge is -2.15. The molecule has 3 nitrogen and oxygen atoms in total. The molecule has 0 bridgehead atoms. The van der Waals surface area contributed by atoms with Crippen molar-refractivity contribution in [2.45, 2.75) is 26.6 Å². The molecule has 3 rings (SSSR count). The maximum absolute atomic E-state index is 13.3. The summed E-state index contributed by atoms with van der Waals surface area (Å²) >= 11 is 1.55. The van der Waals surface area contributed by atoms with Gasteiger partial charge in [-0.2, -0.15) is 0 Å². The Morgan fingerprint density at radius 3 is 2.54 bits per heavy atom. The van der Waals surface area contributed by atoms with Crippen LogP contribution < -0.4 is 4.74 Å². The Hall–Kier alpha value is -2.31. The van der Waals surface area contributed by atoms with Crippen LogP contribution in [0.3, 0.4) is 0 Å². The Kier molecular flexibility index (Phi) is 5.96. The average Bonchev–Trinajstić information content (AvgIpc) is 3.05. The molecule has 0 unspecified atom stereocenters. The number of nitrogens with zero attached hydrogens (tertiary/aromatic N) is 2. The molecular weight excluding hydrogens is 354 g/mol. The quantitative estimate of drug-likeness (QED) is 0.586. The van der Waals surface area contributed by atoms with Crippen molar-refractivity contribution in [2.24, 2.45) is 0 Å². The Bertz CT molecular complexity index is 865. The zero-order valence-corrected chi connectivity index (χ0v) is 15.5. The van der Waals surface area contributed by atoms with E-state index in [-0.39, 0.29) is 0 Å². The van der Waals surface area contributed by atoms with Crippen molar-refractivity contribution in [1.82, 2.24) is 9.88 Å². The van der Waals surface area contributed by atoms with Crippen LogP contribution in [-0.2, 0) is 19.7 Å². The zero-order valence-electron chi connectivity index (χ0n) is 14.7. The van der Waals surface area contributed by atoms with E-state index in [2.05, 4.69) is 4.98 Å². The van der Waals surface area contributed by atoms with E-state index in [4.69, 9.17) is 4.74 Å². The molecule has 0 amide bonds. The fraction of sp³-hybridized carbons (Fsp3) is 0.250. The largest absolute Gasteiger partial charge is 0.486 e. The highest BCUT2D eigenvalue weighted by Gasteiger charge is 2.09. The summed E-state index contributed by atoms with van der Waals surface area (Å²) in [5, 5.41) is 2.90. The average molecular weight is 374 g/mol. The number of hydrogen-bond acceptors (Lipinski definition) is 4. The number of aryl methyl sites for hydroxylation is 1. The molecule has 0 aliphatic carbocycles. The Morgan fingerprint density at radius 2 is 1.81 bits per heavy atom. The van der Waals surface area contributed by atoms with Gasteiger partial charge in [0.2, 0.25) is 0 Å². The van der Waals surface area contributed by atoms with Crippen LogP contribution in [-0.4, -0.2) is 16.9 Å². The normalized spacial score (nSPS) is 11.1. The van der Waals surface area contributed by atoms with Crippen LogP contribution in [0.1, 0.15) is 21.8 Å². The monoisotopic (exact) mass is 374 g/mol. The number of thiazole rings is 1. The van der Waals surface area contributed by atoms with Gasteiger partial charge in [0.25, 0.3) is 0 Å². The molecule has 0 N–H and O–H groups in total. The number of aromatic nitrogens is 1. The molecule has 0 aliphatic rings. The first kappa shape index (κ1) is 18.5. The van der Waals surface area contributed by atoms with E-state index in [1.54, 1.807) is 17.4 Å². The standard InChI is InChI=1S/C20H20F2N2OS/c1-14-3-6-17(7-4-14)25-12-20-23-16(13-26-20)11-24(2)10-15-5-8-18(21)19(22)9-15/h3-9,13H,10-12H2,1-2H3. The van der Waals surface area contributed by atoms with E-state index in [9.17, 15) is 8.78 Å². The van der Waals surface area contributed by atoms with Crippen molar-refractivity contribution >= 4 is 11.3 Å². The first-order valence-electron chi connectivity index (χ1n) is 8.25. The number of halogens is 2. The first-order chi connectivity index (χ1) is 12.5. The molecule has 0 atom stereocenters. The number of ether oxygens (including phenoxy) is 1. The summed E-state index contributed by atoms with van der Waals surface area (Å²) in [4.78, 5) is 6.58. The molecule has 26 heavy (non-hydrogen) atoms. The Balaban J connectivity index is 1.52. The third kappa shape index (κ3) is 5.09. The molecule has 136 valence electrons. The van der Waals surface area contributed by atoms with Gasteiger partial charge in [-0.15, -0.1) is 11.3 Å². The lowest BCUT2D eigenvalue weighted by Crippen LogP contribution is -2.17. The predicted octanol–water partition coefficient (Wildman–Crippen LogP) is 4.94. The zero-order chi connectivity index (χ0) is 18.5. The maximum Gasteiger partial charge on any atom is 0.159 e. The topological polar surface area (TPSA) is 25.4 Å². The van der Waals surface area contributed by atoms with Crippen molar-refractivity contribution in [3.05, 3.63) is 81.3 Å². The lowest BCUT2D eigenvalue weighted by atomic mass is 10.2. The van der Waals surface area contributed by atoms with Gasteiger partial charge in [0.05, 0.1) is 5.69 Å². The third-order valence-electron chi connectivity index (χ3n) is 3.85. The molecule has 6 heteroatoms. The molecular formula is C20H20F2N2OS. The van der Waals surface area contributed by atoms with Gasteiger partial charge in [0.15, 0.2) is 11.6 Å². The van der Waals surface area contributed by atoms with E-state index >= 15 is 0 Å². The van der Waals surface area contributed by atoms with Crippen LogP contribution >= 0.6 is 11.3 Å². The number of benzene rings is 2. The van der Waals surface area contributed by atoms with Crippen molar-refractivity contribution in [3.63, 3.8) is 0 Å². The minimum atomic E-state index is -0.825. The summed E-state index contributed by atoms with van der Waals surface area (Å²) in [7, 11) is 1.92. The van der Waals surface area contributed by atoms with Crippen LogP contribution in [0.4, 0.5) is 8.78 Å². The Labute approximate surface area is 155 Å². The smallest absolute Gasteiger partial charge is 0.159 e. The van der Waals surface area contributed by atoms with Gasteiger partial charge >= 0.3 is 0 Å². The second-order valence-electron chi connectivity index (χ2n) is 6.26. The van der Waals surface area contributed by atoms with Gasteiger partial charge in [-0.25, -0.2) is 13.8 Å². The highest BCUT2D eigenvalue weighted by Crippen LogP contribution is 2.17. The highest BCUT2D eigenvalue weighted by molar-refractivity contribution is 7.09. The number of hydrogen-bond donors (Lipinski definition) is 0. The molecule has 0 saturated heterocycles. The predicted molar refractivity (Wildman–Crippen MR) is 99.2 cm³/mol. The molecule has 0 radical (unpaired) electrons. The summed E-state index contributed by atoms with van der Waals surface area (Å²) in [5.74, 6) is -0.822. The van der Waals surface area contributed by atoms with Crippen LogP contribution in [0.5, 0.6) is 5.75 Å². The minimum Gasteiger partial charge on any atom is -0.486 e. The Morgan fingerprint density at radius 1 is 1.04 bits per heavy atom. The van der Waals surface area contributed by atoms with Crippen LogP contribution in [0.25, 0.3) is 0 Å². The van der Waals surface area contributed by atoms with E-state index in [1.165, 1.54) is 11.6 Å². The summed E-state index contributed by atoms with van der Waals surface area (Å²) in [6.07, 6.45) is 0. The molecule has 0 spiro atoms. The van der Waals surface area contributed by atoms with Gasteiger partial charge in [-0.3, -0.25) is 4.90 Å². The summed E-state index contributed by atoms with van der Waals surface area (Å²) < 4.78 is 32.0. The van der Waals surface area contributed by atoms with Gasteiger partial charge < -0.3 is 4.74 Å². The molecule has 0 saturated carbocycles. The second-order valence-corrected chi connectivity index (χ2v) is 7.20. The molecule has 2 aromatic carbocycles. The third-order valence-corrected chi connectivity index (χ3v) is 4.72. The summed E-state index contributed by atoms with van der Waals surface area (Å²) in [6.45, 7) is 3.61. The first-order valence-corrected chi connectivity index (χ1v) is 9.13.